The van der Waals surface area contributed by atoms with Crippen molar-refractivity contribution < 1.29 is 13.2 Å². The van der Waals surface area contributed by atoms with Crippen LogP contribution >= 0.6 is 0 Å². The molecule has 0 saturated heterocycles. The van der Waals surface area contributed by atoms with Gasteiger partial charge in [-0.25, -0.2) is 4.98 Å². The Morgan fingerprint density at radius 1 is 1.38 bits per heavy atom. The number of alkyl halides is 3. The van der Waals surface area contributed by atoms with Crippen molar-refractivity contribution >= 4 is 11.3 Å². The van der Waals surface area contributed by atoms with Gasteiger partial charge in [0.2, 0.25) is 5.82 Å². The molecule has 3 aromatic rings. The predicted octanol–water partition coefficient (Wildman–Crippen LogP) is 2.69. The average molecular weight is 360 g/mol. The maximum Gasteiger partial charge on any atom is 0.416 e. The van der Waals surface area contributed by atoms with E-state index in [2.05, 4.69) is 30.9 Å². The number of aromatic nitrogens is 6. The number of nitrogens with one attached hydrogen (secondary N) is 2. The average Bonchev–Trinajstić information content (AvgIpc) is 3.26. The molecular formula is C15H11F3N8. The minimum Gasteiger partial charge on any atom is -0.359 e. The summed E-state index contributed by atoms with van der Waals surface area (Å²) in [7, 11) is 0. The van der Waals surface area contributed by atoms with Crippen LogP contribution in [0.5, 0.6) is 0 Å². The number of hydrogen-bond donors (Lipinski definition) is 2. The molecule has 2 heterocycles. The Balaban J connectivity index is 2.06. The number of benzene rings is 1. The molecule has 26 heavy (non-hydrogen) atoms. The van der Waals surface area contributed by atoms with Gasteiger partial charge in [0.05, 0.1) is 16.9 Å². The van der Waals surface area contributed by atoms with E-state index >= 15 is 0 Å². The normalized spacial score (nSPS) is 12.0. The number of nitriles is 1. The summed E-state index contributed by atoms with van der Waals surface area (Å²) in [4.78, 5) is 4.07. The van der Waals surface area contributed by atoms with Crippen molar-refractivity contribution in [2.24, 2.45) is 0 Å². The summed E-state index contributed by atoms with van der Waals surface area (Å²) < 4.78 is 40.8. The molecule has 8 nitrogen and oxygen atoms in total. The van der Waals surface area contributed by atoms with E-state index in [1.54, 1.807) is 17.7 Å². The first kappa shape index (κ1) is 17.2. The third kappa shape index (κ3) is 3.39. The first-order valence-electron chi connectivity index (χ1n) is 7.22. The number of rotatable bonds is 4. The highest BCUT2D eigenvalue weighted by Crippen LogP contribution is 2.33. The quantitative estimate of drug-likeness (QED) is 0.693. The Kier molecular flexibility index (Phi) is 4.40. The molecule has 3 rings (SSSR count). The van der Waals surface area contributed by atoms with Crippen LogP contribution in [-0.2, 0) is 6.18 Å². The van der Waals surface area contributed by atoms with E-state index in [1.807, 2.05) is 6.07 Å². The third-order valence-corrected chi connectivity index (χ3v) is 3.49. The van der Waals surface area contributed by atoms with Crippen LogP contribution in [0, 0.1) is 18.3 Å². The van der Waals surface area contributed by atoms with Crippen LogP contribution in [0.15, 0.2) is 36.8 Å². The van der Waals surface area contributed by atoms with Gasteiger partial charge in [-0.2, -0.15) is 23.6 Å². The Hall–Kier alpha value is -3.68. The van der Waals surface area contributed by atoms with E-state index in [1.165, 1.54) is 18.5 Å². The van der Waals surface area contributed by atoms with Crippen LogP contribution in [0.1, 0.15) is 17.2 Å². The van der Waals surface area contributed by atoms with Crippen LogP contribution in [0.25, 0.3) is 11.3 Å². The standard InChI is InChI=1S/C15H11F3N8/c1-9-20-4-5-26(9)13-3-2-11(15(16,17)18)6-12(13)21-8-10(7-19)14-22-24-25-23-14/h2-6,8,21H,1H3,(H,22,23,24,25). The first-order chi connectivity index (χ1) is 12.4. The minimum atomic E-state index is -4.51. The van der Waals surface area contributed by atoms with Gasteiger partial charge in [-0.15, -0.1) is 10.2 Å². The third-order valence-electron chi connectivity index (χ3n) is 3.49. The molecule has 1 aromatic carbocycles. The lowest BCUT2D eigenvalue weighted by atomic mass is 10.1. The molecule has 0 bridgehead atoms. The second kappa shape index (κ2) is 6.67. The highest BCUT2D eigenvalue weighted by atomic mass is 19.4. The smallest absolute Gasteiger partial charge is 0.359 e. The molecule has 0 fully saturated rings. The number of imidazole rings is 1. The van der Waals surface area contributed by atoms with Crippen molar-refractivity contribution in [2.75, 3.05) is 5.32 Å². The Labute approximate surface area is 145 Å². The van der Waals surface area contributed by atoms with Crippen molar-refractivity contribution in [1.29, 1.82) is 5.26 Å². The van der Waals surface area contributed by atoms with Gasteiger partial charge in [-0.3, -0.25) is 0 Å². The van der Waals surface area contributed by atoms with Crippen LogP contribution in [0.3, 0.4) is 0 Å². The molecule has 0 saturated carbocycles. The number of tetrazole rings is 1. The Bertz CT molecular complexity index is 979. The summed E-state index contributed by atoms with van der Waals surface area (Å²) in [5, 5.41) is 24.8. The number of halogens is 3. The molecule has 0 spiro atoms. The van der Waals surface area contributed by atoms with Crippen molar-refractivity contribution in [3.63, 3.8) is 0 Å². The van der Waals surface area contributed by atoms with Gasteiger partial charge in [0.25, 0.3) is 0 Å². The number of nitrogens with zero attached hydrogens (tertiary/aromatic N) is 6. The zero-order chi connectivity index (χ0) is 18.7. The number of H-pyrrole nitrogens is 1. The molecular weight excluding hydrogens is 349 g/mol. The second-order valence-electron chi connectivity index (χ2n) is 5.12. The summed E-state index contributed by atoms with van der Waals surface area (Å²) >= 11 is 0. The molecule has 132 valence electrons. The van der Waals surface area contributed by atoms with Crippen LogP contribution < -0.4 is 5.32 Å². The summed E-state index contributed by atoms with van der Waals surface area (Å²) in [6.45, 7) is 1.72. The molecule has 11 heteroatoms. The monoisotopic (exact) mass is 360 g/mol. The molecule has 2 N–H and O–H groups in total. The molecule has 0 radical (unpaired) electrons. The highest BCUT2D eigenvalue weighted by Gasteiger charge is 2.31. The zero-order valence-electron chi connectivity index (χ0n) is 13.3. The molecule has 0 amide bonds. The first-order valence-corrected chi connectivity index (χ1v) is 7.22. The predicted molar refractivity (Wildman–Crippen MR) is 84.7 cm³/mol. The van der Waals surface area contributed by atoms with Gasteiger partial charge < -0.3 is 9.88 Å². The van der Waals surface area contributed by atoms with Gasteiger partial charge in [-0.05, 0) is 30.3 Å². The van der Waals surface area contributed by atoms with Crippen molar-refractivity contribution in [2.45, 2.75) is 13.1 Å². The van der Waals surface area contributed by atoms with E-state index in [4.69, 9.17) is 0 Å². The number of anilines is 1. The summed E-state index contributed by atoms with van der Waals surface area (Å²) in [6, 6.07) is 5.12. The van der Waals surface area contributed by atoms with Gasteiger partial charge in [0.15, 0.2) is 0 Å². The van der Waals surface area contributed by atoms with E-state index < -0.39 is 11.7 Å². The Morgan fingerprint density at radius 3 is 2.77 bits per heavy atom. The van der Waals surface area contributed by atoms with Crippen molar-refractivity contribution in [1.82, 2.24) is 30.2 Å². The van der Waals surface area contributed by atoms with Crippen LogP contribution in [0.4, 0.5) is 18.9 Å². The largest absolute Gasteiger partial charge is 0.416 e. The summed E-state index contributed by atoms with van der Waals surface area (Å²) in [5.74, 6) is 0.614. The summed E-state index contributed by atoms with van der Waals surface area (Å²) in [5.41, 5.74) is -0.246. The summed E-state index contributed by atoms with van der Waals surface area (Å²) in [6.07, 6.45) is -0.131. The zero-order valence-corrected chi connectivity index (χ0v) is 13.3. The maximum absolute atomic E-state index is 13.1. The number of hydrogen-bond acceptors (Lipinski definition) is 6. The van der Waals surface area contributed by atoms with Gasteiger partial charge in [0.1, 0.15) is 17.5 Å². The lowest BCUT2D eigenvalue weighted by Gasteiger charge is -2.15. The highest BCUT2D eigenvalue weighted by molar-refractivity contribution is 5.75. The fraction of sp³-hybridized carbons (Fsp3) is 0.133. The fourth-order valence-electron chi connectivity index (χ4n) is 2.24. The van der Waals surface area contributed by atoms with E-state index in [-0.39, 0.29) is 17.1 Å². The molecule has 0 aliphatic carbocycles. The van der Waals surface area contributed by atoms with Crippen LogP contribution in [0.2, 0.25) is 0 Å². The minimum absolute atomic E-state index is 0.00413. The topological polar surface area (TPSA) is 108 Å². The molecule has 0 unspecified atom stereocenters. The van der Waals surface area contributed by atoms with E-state index in [9.17, 15) is 18.4 Å². The van der Waals surface area contributed by atoms with Crippen LogP contribution in [-0.4, -0.2) is 30.2 Å². The van der Waals surface area contributed by atoms with Gasteiger partial charge in [0, 0.05) is 18.6 Å². The maximum atomic E-state index is 13.1. The lowest BCUT2D eigenvalue weighted by Crippen LogP contribution is -2.08. The van der Waals surface area contributed by atoms with Gasteiger partial charge >= 0.3 is 6.18 Å². The number of allylic oxidation sites excluding steroid dienone is 1. The van der Waals surface area contributed by atoms with Crippen molar-refractivity contribution in [3.05, 3.63) is 54.0 Å². The fourth-order valence-corrected chi connectivity index (χ4v) is 2.24. The van der Waals surface area contributed by atoms with Crippen molar-refractivity contribution in [3.8, 4) is 11.8 Å². The second-order valence-corrected chi connectivity index (χ2v) is 5.12. The SMILES string of the molecule is Cc1nccn1-c1ccc(C(F)(F)F)cc1NC=C(C#N)c1nn[nH]n1. The molecule has 0 aliphatic heterocycles. The number of aromatic amines is 1. The molecule has 2 aromatic heterocycles. The Morgan fingerprint density at radius 2 is 2.19 bits per heavy atom. The number of aryl methyl sites for hydroxylation is 1. The van der Waals surface area contributed by atoms with Gasteiger partial charge in [-0.1, -0.05) is 0 Å². The van der Waals surface area contributed by atoms with E-state index in [0.717, 1.165) is 12.1 Å². The van der Waals surface area contributed by atoms with E-state index in [0.29, 0.717) is 11.5 Å². The molecule has 0 atom stereocenters. The lowest BCUT2D eigenvalue weighted by molar-refractivity contribution is -0.137. The molecule has 0 aliphatic rings.